The molecule has 0 aliphatic carbocycles. The molecule has 0 saturated carbocycles. The van der Waals surface area contributed by atoms with Crippen LogP contribution in [0.3, 0.4) is 0 Å². The van der Waals surface area contributed by atoms with Crippen LogP contribution in [-0.2, 0) is 6.54 Å². The predicted octanol–water partition coefficient (Wildman–Crippen LogP) is 2.54. The monoisotopic (exact) mass is 294 g/mol. The molecule has 0 saturated heterocycles. The average molecular weight is 295 g/mol. The lowest BCUT2D eigenvalue weighted by Gasteiger charge is -2.07. The summed E-state index contributed by atoms with van der Waals surface area (Å²) in [4.78, 5) is 14.5. The van der Waals surface area contributed by atoms with Gasteiger partial charge in [-0.3, -0.25) is 4.79 Å². The molecule has 0 fully saturated rings. The van der Waals surface area contributed by atoms with Crippen molar-refractivity contribution < 1.29 is 9.53 Å². The molecule has 0 atom stereocenters. The van der Waals surface area contributed by atoms with Crippen LogP contribution in [0.5, 0.6) is 5.75 Å². The van der Waals surface area contributed by atoms with Gasteiger partial charge in [0.2, 0.25) is 0 Å². The first-order chi connectivity index (χ1) is 8.29. The van der Waals surface area contributed by atoms with Gasteiger partial charge in [-0.15, -0.1) is 0 Å². The van der Waals surface area contributed by atoms with E-state index in [1.165, 1.54) is 0 Å². The third kappa shape index (κ3) is 3.17. The largest absolute Gasteiger partial charge is 0.492 e. The van der Waals surface area contributed by atoms with Crippen molar-refractivity contribution in [3.05, 3.63) is 47.0 Å². The van der Waals surface area contributed by atoms with Crippen molar-refractivity contribution >= 4 is 22.2 Å². The van der Waals surface area contributed by atoms with Gasteiger partial charge in [-0.05, 0) is 18.2 Å². The van der Waals surface area contributed by atoms with Crippen molar-refractivity contribution in [1.29, 1.82) is 0 Å². The standard InChI is InChI=1S/C12H11BrN2O2/c13-10-2-1-3-11(8-10)17-7-6-15-5-4-14-12(15)9-16/h1-5,8-9H,6-7H2. The van der Waals surface area contributed by atoms with E-state index in [-0.39, 0.29) is 0 Å². The van der Waals surface area contributed by atoms with Crippen molar-refractivity contribution in [2.45, 2.75) is 6.54 Å². The van der Waals surface area contributed by atoms with Gasteiger partial charge in [-0.25, -0.2) is 4.98 Å². The summed E-state index contributed by atoms with van der Waals surface area (Å²) in [5.74, 6) is 1.22. The van der Waals surface area contributed by atoms with Crippen molar-refractivity contribution in [3.8, 4) is 5.75 Å². The van der Waals surface area contributed by atoms with Crippen molar-refractivity contribution in [2.24, 2.45) is 0 Å². The summed E-state index contributed by atoms with van der Waals surface area (Å²) >= 11 is 3.37. The van der Waals surface area contributed by atoms with E-state index in [1.54, 1.807) is 17.0 Å². The SMILES string of the molecule is O=Cc1nccn1CCOc1cccc(Br)c1. The van der Waals surface area contributed by atoms with Gasteiger partial charge in [0.05, 0.1) is 6.54 Å². The number of benzene rings is 1. The Kier molecular flexibility index (Phi) is 3.93. The minimum absolute atomic E-state index is 0.419. The number of carbonyl (C=O) groups excluding carboxylic acids is 1. The lowest BCUT2D eigenvalue weighted by atomic mass is 10.3. The summed E-state index contributed by atoms with van der Waals surface area (Å²) in [6.07, 6.45) is 4.09. The van der Waals surface area contributed by atoms with Crippen LogP contribution in [0.25, 0.3) is 0 Å². The molecule has 1 aromatic carbocycles. The average Bonchev–Trinajstić information content (AvgIpc) is 2.77. The Balaban J connectivity index is 1.90. The number of aldehydes is 1. The molecular weight excluding hydrogens is 284 g/mol. The number of imidazole rings is 1. The number of hydrogen-bond acceptors (Lipinski definition) is 3. The van der Waals surface area contributed by atoms with E-state index in [0.717, 1.165) is 16.5 Å². The first kappa shape index (κ1) is 11.9. The van der Waals surface area contributed by atoms with Gasteiger partial charge in [0, 0.05) is 16.9 Å². The summed E-state index contributed by atoms with van der Waals surface area (Å²) in [5, 5.41) is 0. The van der Waals surface area contributed by atoms with E-state index < -0.39 is 0 Å². The highest BCUT2D eigenvalue weighted by Gasteiger charge is 2.01. The Morgan fingerprint density at radius 3 is 3.12 bits per heavy atom. The van der Waals surface area contributed by atoms with Crippen LogP contribution in [0.1, 0.15) is 10.6 Å². The Bertz CT molecular complexity index is 511. The van der Waals surface area contributed by atoms with Crippen LogP contribution in [0.2, 0.25) is 0 Å². The Hall–Kier alpha value is -1.62. The maximum absolute atomic E-state index is 10.6. The molecular formula is C12H11BrN2O2. The van der Waals surface area contributed by atoms with E-state index in [2.05, 4.69) is 20.9 Å². The summed E-state index contributed by atoms with van der Waals surface area (Å²) in [7, 11) is 0. The molecule has 0 unspecified atom stereocenters. The minimum Gasteiger partial charge on any atom is -0.492 e. The highest BCUT2D eigenvalue weighted by Crippen LogP contribution is 2.17. The Morgan fingerprint density at radius 1 is 1.47 bits per heavy atom. The molecule has 0 aliphatic rings. The van der Waals surface area contributed by atoms with Gasteiger partial charge in [-0.1, -0.05) is 22.0 Å². The van der Waals surface area contributed by atoms with Crippen molar-refractivity contribution in [3.63, 3.8) is 0 Å². The topological polar surface area (TPSA) is 44.1 Å². The fraction of sp³-hybridized carbons (Fsp3) is 0.167. The molecule has 2 rings (SSSR count). The van der Waals surface area contributed by atoms with Crippen LogP contribution in [0.4, 0.5) is 0 Å². The zero-order valence-corrected chi connectivity index (χ0v) is 10.6. The Morgan fingerprint density at radius 2 is 2.35 bits per heavy atom. The predicted molar refractivity (Wildman–Crippen MR) is 67.3 cm³/mol. The molecule has 0 bridgehead atoms. The normalized spacial score (nSPS) is 10.2. The maximum atomic E-state index is 10.6. The molecule has 1 aromatic heterocycles. The molecule has 4 nitrogen and oxygen atoms in total. The van der Waals surface area contributed by atoms with Gasteiger partial charge in [0.25, 0.3) is 0 Å². The van der Waals surface area contributed by atoms with Crippen LogP contribution in [0.15, 0.2) is 41.1 Å². The Labute approximate surface area is 107 Å². The highest BCUT2D eigenvalue weighted by atomic mass is 79.9. The minimum atomic E-state index is 0.419. The lowest BCUT2D eigenvalue weighted by molar-refractivity contribution is 0.111. The lowest BCUT2D eigenvalue weighted by Crippen LogP contribution is -2.10. The zero-order chi connectivity index (χ0) is 12.1. The third-order valence-corrected chi connectivity index (χ3v) is 2.74. The first-order valence-electron chi connectivity index (χ1n) is 5.14. The van der Waals surface area contributed by atoms with Crippen molar-refractivity contribution in [1.82, 2.24) is 9.55 Å². The highest BCUT2D eigenvalue weighted by molar-refractivity contribution is 9.10. The summed E-state index contributed by atoms with van der Waals surface area (Å²) < 4.78 is 8.30. The second-order valence-electron chi connectivity index (χ2n) is 3.40. The molecule has 17 heavy (non-hydrogen) atoms. The van der Waals surface area contributed by atoms with Crippen LogP contribution < -0.4 is 4.74 Å². The number of nitrogens with zero attached hydrogens (tertiary/aromatic N) is 2. The molecule has 2 aromatic rings. The van der Waals surface area contributed by atoms with Crippen LogP contribution >= 0.6 is 15.9 Å². The van der Waals surface area contributed by atoms with Crippen LogP contribution in [0, 0.1) is 0 Å². The van der Waals surface area contributed by atoms with Gasteiger partial charge >= 0.3 is 0 Å². The van der Waals surface area contributed by atoms with E-state index in [4.69, 9.17) is 4.74 Å². The smallest absolute Gasteiger partial charge is 0.185 e. The molecule has 1 heterocycles. The van der Waals surface area contributed by atoms with E-state index in [1.807, 2.05) is 24.3 Å². The summed E-state index contributed by atoms with van der Waals surface area (Å²) in [6.45, 7) is 1.09. The van der Waals surface area contributed by atoms with Gasteiger partial charge in [0.1, 0.15) is 12.4 Å². The molecule has 0 amide bonds. The van der Waals surface area contributed by atoms with Gasteiger partial charge in [0.15, 0.2) is 12.1 Å². The summed E-state index contributed by atoms with van der Waals surface area (Å²) in [6, 6.07) is 7.63. The second kappa shape index (κ2) is 5.63. The summed E-state index contributed by atoms with van der Waals surface area (Å²) in [5.41, 5.74) is 0. The van der Waals surface area contributed by atoms with E-state index in [0.29, 0.717) is 19.0 Å². The molecule has 88 valence electrons. The molecule has 0 radical (unpaired) electrons. The quantitative estimate of drug-likeness (QED) is 0.796. The molecule has 0 N–H and O–H groups in total. The number of rotatable bonds is 5. The van der Waals surface area contributed by atoms with E-state index >= 15 is 0 Å². The zero-order valence-electron chi connectivity index (χ0n) is 9.04. The third-order valence-electron chi connectivity index (χ3n) is 2.25. The first-order valence-corrected chi connectivity index (χ1v) is 5.93. The number of aromatic nitrogens is 2. The van der Waals surface area contributed by atoms with Gasteiger partial charge in [-0.2, -0.15) is 0 Å². The molecule has 0 aliphatic heterocycles. The fourth-order valence-corrected chi connectivity index (χ4v) is 1.82. The van der Waals surface area contributed by atoms with Crippen molar-refractivity contribution in [2.75, 3.05) is 6.61 Å². The van der Waals surface area contributed by atoms with Crippen LogP contribution in [-0.4, -0.2) is 22.4 Å². The number of ether oxygens (including phenoxy) is 1. The molecule has 0 spiro atoms. The number of carbonyl (C=O) groups is 1. The molecule has 5 heteroatoms. The number of hydrogen-bond donors (Lipinski definition) is 0. The van der Waals surface area contributed by atoms with E-state index in [9.17, 15) is 4.79 Å². The fourth-order valence-electron chi connectivity index (χ4n) is 1.45. The number of halogens is 1. The second-order valence-corrected chi connectivity index (χ2v) is 4.32. The van der Waals surface area contributed by atoms with Gasteiger partial charge < -0.3 is 9.30 Å². The maximum Gasteiger partial charge on any atom is 0.185 e.